The molecule has 2 N–H and O–H groups in total. The quantitative estimate of drug-likeness (QED) is 0.118. The molecule has 9 rings (SSSR count). The summed E-state index contributed by atoms with van der Waals surface area (Å²) in [5.74, 6) is -9.53. The van der Waals surface area contributed by atoms with Gasteiger partial charge in [-0.15, -0.1) is 0 Å². The van der Waals surface area contributed by atoms with Crippen LogP contribution in [0.15, 0.2) is 64.8 Å². The Hall–Kier alpha value is -6.47. The summed E-state index contributed by atoms with van der Waals surface area (Å²) in [6, 6.07) is 6.17. The molecule has 7 aromatic rings. The lowest BCUT2D eigenvalue weighted by Crippen LogP contribution is -2.38. The van der Waals surface area contributed by atoms with Gasteiger partial charge in [0.15, 0.2) is 11.5 Å². The van der Waals surface area contributed by atoms with E-state index in [4.69, 9.17) is 16.6 Å². The van der Waals surface area contributed by atoms with E-state index in [1.54, 1.807) is 0 Å². The topological polar surface area (TPSA) is 219 Å². The molecular weight excluding hydrogens is 932 g/mol. The largest absolute Gasteiger partial charge is 0.344 e. The minimum atomic E-state index is -3.96. The number of carbonyl (C=O) groups is 1. The van der Waals surface area contributed by atoms with Crippen molar-refractivity contribution in [1.82, 2.24) is 49.4 Å². The fourth-order valence-corrected chi connectivity index (χ4v) is 9.49. The van der Waals surface area contributed by atoms with E-state index in [2.05, 4.69) is 35.2 Å². The highest BCUT2D eigenvalue weighted by atomic mass is 35.5. The van der Waals surface area contributed by atoms with Gasteiger partial charge in [-0.1, -0.05) is 11.6 Å². The van der Waals surface area contributed by atoms with E-state index < -0.39 is 109 Å². The molecule has 0 unspecified atom stereocenters. The molecule has 3 atom stereocenters. The lowest BCUT2D eigenvalue weighted by molar-refractivity contribution is -0.123. The first-order chi connectivity index (χ1) is 30.5. The Balaban J connectivity index is 1.26. The summed E-state index contributed by atoms with van der Waals surface area (Å²) in [5, 5.41) is 9.91. The van der Waals surface area contributed by atoms with Gasteiger partial charge in [0.25, 0.3) is 17.9 Å². The smallest absolute Gasteiger partial charge is 0.293 e. The number of rotatable bonds is 12. The van der Waals surface area contributed by atoms with Gasteiger partial charge in [-0.3, -0.25) is 28.2 Å². The summed E-state index contributed by atoms with van der Waals surface area (Å²) in [5.41, 5.74) is -3.11. The zero-order valence-corrected chi connectivity index (χ0v) is 36.0. The highest BCUT2D eigenvalue weighted by Gasteiger charge is 2.67. The highest BCUT2D eigenvalue weighted by Crippen LogP contribution is 2.68. The van der Waals surface area contributed by atoms with E-state index in [1.165, 1.54) is 36.0 Å². The number of nitrogens with zero attached hydrogens (tertiary/aromatic N) is 9. The molecule has 2 aliphatic rings. The van der Waals surface area contributed by atoms with Gasteiger partial charge in [0.05, 0.1) is 45.0 Å². The molecule has 0 aliphatic heterocycles. The second-order valence-corrected chi connectivity index (χ2v) is 19.7. The number of aryl methyl sites for hydroxylation is 1. The van der Waals surface area contributed by atoms with Crippen molar-refractivity contribution in [3.63, 3.8) is 0 Å². The maximum absolute atomic E-state index is 15.5. The number of aromatic nitrogens is 9. The van der Waals surface area contributed by atoms with Crippen LogP contribution in [-0.4, -0.2) is 79.3 Å². The van der Waals surface area contributed by atoms with Gasteiger partial charge in [-0.25, -0.2) is 54.3 Å². The van der Waals surface area contributed by atoms with Gasteiger partial charge in [0.2, 0.25) is 30.9 Å². The Labute approximate surface area is 367 Å². The van der Waals surface area contributed by atoms with E-state index in [-0.39, 0.29) is 67.3 Å². The summed E-state index contributed by atoms with van der Waals surface area (Å²) in [4.78, 5) is 46.1. The number of fused-ring (bicyclic) bond motifs is 5. The van der Waals surface area contributed by atoms with Crippen molar-refractivity contribution in [3.8, 4) is 16.9 Å². The minimum Gasteiger partial charge on any atom is -0.344 e. The summed E-state index contributed by atoms with van der Waals surface area (Å²) >= 11 is 6.61. The number of carbonyl (C=O) groups excluding carboxylic acids is 1. The van der Waals surface area contributed by atoms with Crippen molar-refractivity contribution in [1.29, 1.82) is 0 Å². The van der Waals surface area contributed by atoms with E-state index in [0.717, 1.165) is 41.6 Å². The Morgan fingerprint density at radius 2 is 1.68 bits per heavy atom. The molecule has 338 valence electrons. The van der Waals surface area contributed by atoms with Crippen LogP contribution in [0.5, 0.6) is 0 Å². The fraction of sp³-hybridized carbons (Fsp3) is 0.282. The number of sulfone groups is 1. The Kier molecular flexibility index (Phi) is 10.3. The molecule has 5 heterocycles. The molecule has 0 saturated heterocycles. The Bertz CT molecular complexity index is 3440. The number of halogens is 7. The summed E-state index contributed by atoms with van der Waals surface area (Å²) < 4.78 is 143. The second kappa shape index (κ2) is 15.3. The van der Waals surface area contributed by atoms with Crippen molar-refractivity contribution in [2.45, 2.75) is 48.9 Å². The van der Waals surface area contributed by atoms with Gasteiger partial charge in [0, 0.05) is 55.2 Å². The SMILES string of the molecule is Cn1nc(NS(C)(=O)=O)c2c(Cl)ccc(-n3c([C@H](Cc4cc(F)cc(F)c4)NC(=O)Cn4nc(C(F)F)c5c4C(F)(F)[C@@H]4C[C@H]54)nc4nc(-c5cnc(S(C)(=O)=O)nc5)ccc4c3=O)c21. The average molecular weight is 962 g/mol. The average Bonchev–Trinajstić information content (AvgIpc) is 3.75. The minimum absolute atomic E-state index is 0.00943. The first kappa shape index (κ1) is 43.8. The normalized spacial score (nSPS) is 17.1. The third-order valence-electron chi connectivity index (χ3n) is 10.9. The number of hydrogen-bond donors (Lipinski definition) is 2. The van der Waals surface area contributed by atoms with Gasteiger partial charge in [-0.2, -0.15) is 19.0 Å². The first-order valence-electron chi connectivity index (χ1n) is 19.1. The molecular formula is C39H30ClF6N11O6S2. The second-order valence-electron chi connectivity index (χ2n) is 15.6. The lowest BCUT2D eigenvalue weighted by atomic mass is 10.0. The van der Waals surface area contributed by atoms with Crippen molar-refractivity contribution >= 4 is 65.1 Å². The van der Waals surface area contributed by atoms with Crippen LogP contribution in [0.4, 0.5) is 32.2 Å². The van der Waals surface area contributed by atoms with Crippen LogP contribution in [-0.2, 0) is 50.6 Å². The maximum atomic E-state index is 15.5. The van der Waals surface area contributed by atoms with Crippen LogP contribution in [0.2, 0.25) is 5.02 Å². The number of nitrogens with one attached hydrogen (secondary N) is 2. The predicted octanol–water partition coefficient (Wildman–Crippen LogP) is 5.27. The van der Waals surface area contributed by atoms with Crippen LogP contribution in [0.3, 0.4) is 0 Å². The molecule has 1 saturated carbocycles. The third kappa shape index (κ3) is 7.83. The Morgan fingerprint density at radius 1 is 0.985 bits per heavy atom. The number of pyridine rings is 1. The number of benzene rings is 2. The van der Waals surface area contributed by atoms with E-state index in [9.17, 15) is 44.0 Å². The molecule has 0 bridgehead atoms. The highest BCUT2D eigenvalue weighted by molar-refractivity contribution is 7.92. The van der Waals surface area contributed by atoms with E-state index >= 15 is 8.78 Å². The van der Waals surface area contributed by atoms with Crippen LogP contribution < -0.4 is 15.6 Å². The summed E-state index contributed by atoms with van der Waals surface area (Å²) in [6.07, 6.45) is 0.262. The molecule has 5 aromatic heterocycles. The zero-order valence-electron chi connectivity index (χ0n) is 33.6. The van der Waals surface area contributed by atoms with Crippen LogP contribution >= 0.6 is 11.6 Å². The fourth-order valence-electron chi connectivity index (χ4n) is 8.26. The van der Waals surface area contributed by atoms with E-state index in [0.29, 0.717) is 10.7 Å². The number of hydrogen-bond acceptors (Lipinski definition) is 12. The van der Waals surface area contributed by atoms with Crippen LogP contribution in [0.1, 0.15) is 53.1 Å². The summed E-state index contributed by atoms with van der Waals surface area (Å²) in [6.45, 7) is -1.05. The molecule has 1 amide bonds. The molecule has 0 spiro atoms. The number of alkyl halides is 4. The molecule has 65 heavy (non-hydrogen) atoms. The zero-order chi connectivity index (χ0) is 46.7. The molecule has 26 heteroatoms. The van der Waals surface area contributed by atoms with Crippen LogP contribution in [0, 0.1) is 17.6 Å². The Morgan fingerprint density at radius 3 is 2.32 bits per heavy atom. The standard InChI is InChI=1S/C39H30ClF6N11O6S2/c1-55-31-26(7-5-23(40)29(31)35(53-55)54-65(3,62)63)57-36(51-34-20(37(57)59)4-6-24(50-34)17-13-47-38(48-14-17)64(2,60)61)25(10-16-8-18(41)11-19(42)9-16)49-27(58)15-56-32-28(30(52-56)33(43)44)21-12-22(21)39(32,45)46/h4-9,11,13-14,21-22,25,33H,10,12,15H2,1-3H3,(H,49,58)(H,53,54)/t21-,22+,25-/m0/s1. The van der Waals surface area contributed by atoms with Gasteiger partial charge >= 0.3 is 0 Å². The van der Waals surface area contributed by atoms with Gasteiger partial charge in [0.1, 0.15) is 35.4 Å². The van der Waals surface area contributed by atoms with Crippen LogP contribution in [0.25, 0.3) is 38.9 Å². The lowest BCUT2D eigenvalue weighted by Gasteiger charge is -2.24. The molecule has 2 aliphatic carbocycles. The maximum Gasteiger partial charge on any atom is 0.293 e. The van der Waals surface area contributed by atoms with Crippen molar-refractivity contribution in [2.24, 2.45) is 13.0 Å². The van der Waals surface area contributed by atoms with Crippen molar-refractivity contribution < 1.29 is 48.0 Å². The van der Waals surface area contributed by atoms with Crippen molar-refractivity contribution in [2.75, 3.05) is 17.2 Å². The number of sulfonamides is 1. The van der Waals surface area contributed by atoms with E-state index in [1.807, 2.05) is 0 Å². The molecule has 2 aromatic carbocycles. The monoisotopic (exact) mass is 961 g/mol. The predicted molar refractivity (Wildman–Crippen MR) is 220 cm³/mol. The van der Waals surface area contributed by atoms with Gasteiger partial charge in [-0.05, 0) is 54.3 Å². The molecule has 0 radical (unpaired) electrons. The number of amides is 1. The van der Waals surface area contributed by atoms with Crippen molar-refractivity contribution in [3.05, 3.63) is 110 Å². The van der Waals surface area contributed by atoms with Gasteiger partial charge < -0.3 is 5.32 Å². The summed E-state index contributed by atoms with van der Waals surface area (Å²) in [7, 11) is -6.35. The number of anilines is 1. The third-order valence-corrected chi connectivity index (χ3v) is 12.7. The molecule has 1 fully saturated rings. The first-order valence-corrected chi connectivity index (χ1v) is 23.3. The molecule has 17 nitrogen and oxygen atoms in total.